The van der Waals surface area contributed by atoms with E-state index >= 15 is 0 Å². The molecule has 0 radical (unpaired) electrons. The Morgan fingerprint density at radius 3 is 3.00 bits per heavy atom. The standard InChI is InChI=1S/C11H10O3/c12-6-5-8-7-10(13)9-3-1-2-4-11(9)14-8/h1-4,6,8H,5,7H2. The third kappa shape index (κ3) is 1.53. The van der Waals surface area contributed by atoms with Crippen molar-refractivity contribution in [3.05, 3.63) is 29.8 Å². The van der Waals surface area contributed by atoms with Gasteiger partial charge in [-0.15, -0.1) is 0 Å². The number of benzene rings is 1. The van der Waals surface area contributed by atoms with Crippen molar-refractivity contribution in [3.63, 3.8) is 0 Å². The minimum atomic E-state index is -0.283. The van der Waals surface area contributed by atoms with Crippen molar-refractivity contribution < 1.29 is 14.3 Å². The zero-order valence-electron chi connectivity index (χ0n) is 7.60. The summed E-state index contributed by atoms with van der Waals surface area (Å²) in [5.41, 5.74) is 0.620. The molecule has 0 aliphatic carbocycles. The average Bonchev–Trinajstić information content (AvgIpc) is 2.18. The van der Waals surface area contributed by atoms with Gasteiger partial charge in [0.1, 0.15) is 18.1 Å². The summed E-state index contributed by atoms with van der Waals surface area (Å²) < 4.78 is 5.49. The number of ketones is 1. The summed E-state index contributed by atoms with van der Waals surface area (Å²) >= 11 is 0. The van der Waals surface area contributed by atoms with Crippen molar-refractivity contribution in [2.75, 3.05) is 0 Å². The normalized spacial score (nSPS) is 19.7. The van der Waals surface area contributed by atoms with Crippen molar-refractivity contribution in [1.29, 1.82) is 0 Å². The second kappa shape index (κ2) is 3.62. The molecule has 0 saturated heterocycles. The first-order valence-electron chi connectivity index (χ1n) is 4.54. The van der Waals surface area contributed by atoms with Crippen LogP contribution >= 0.6 is 0 Å². The van der Waals surface area contributed by atoms with Gasteiger partial charge in [-0.05, 0) is 12.1 Å². The monoisotopic (exact) mass is 190 g/mol. The van der Waals surface area contributed by atoms with Crippen LogP contribution in [-0.2, 0) is 4.79 Å². The van der Waals surface area contributed by atoms with Gasteiger partial charge in [0, 0.05) is 12.8 Å². The minimum Gasteiger partial charge on any atom is -0.489 e. The summed E-state index contributed by atoms with van der Waals surface area (Å²) in [6.07, 6.45) is 1.08. The third-order valence-electron chi connectivity index (χ3n) is 2.25. The molecule has 14 heavy (non-hydrogen) atoms. The van der Waals surface area contributed by atoms with E-state index in [2.05, 4.69) is 0 Å². The lowest BCUT2D eigenvalue weighted by Crippen LogP contribution is -2.27. The third-order valence-corrected chi connectivity index (χ3v) is 2.25. The Bertz CT molecular complexity index is 371. The zero-order chi connectivity index (χ0) is 9.97. The lowest BCUT2D eigenvalue weighted by molar-refractivity contribution is -0.109. The molecule has 2 rings (SSSR count). The Morgan fingerprint density at radius 2 is 2.21 bits per heavy atom. The van der Waals surface area contributed by atoms with Gasteiger partial charge in [-0.2, -0.15) is 0 Å². The Labute approximate surface area is 81.7 Å². The number of hydrogen-bond acceptors (Lipinski definition) is 3. The molecule has 0 N–H and O–H groups in total. The molecule has 0 amide bonds. The first kappa shape index (κ1) is 8.94. The van der Waals surface area contributed by atoms with Crippen LogP contribution in [-0.4, -0.2) is 18.2 Å². The van der Waals surface area contributed by atoms with E-state index in [1.54, 1.807) is 18.2 Å². The van der Waals surface area contributed by atoms with Crippen molar-refractivity contribution in [3.8, 4) is 5.75 Å². The number of para-hydroxylation sites is 1. The first-order chi connectivity index (χ1) is 6.81. The van der Waals surface area contributed by atoms with E-state index in [0.29, 0.717) is 17.7 Å². The van der Waals surface area contributed by atoms with Gasteiger partial charge in [0.15, 0.2) is 5.78 Å². The number of carbonyl (C=O) groups is 2. The van der Waals surface area contributed by atoms with Gasteiger partial charge in [-0.25, -0.2) is 0 Å². The van der Waals surface area contributed by atoms with Crippen LogP contribution in [0.4, 0.5) is 0 Å². The molecule has 1 unspecified atom stereocenters. The van der Waals surface area contributed by atoms with Crippen LogP contribution < -0.4 is 4.74 Å². The van der Waals surface area contributed by atoms with Crippen molar-refractivity contribution >= 4 is 12.1 Å². The number of hydrogen-bond donors (Lipinski definition) is 0. The van der Waals surface area contributed by atoms with Crippen LogP contribution in [0.2, 0.25) is 0 Å². The number of rotatable bonds is 2. The molecule has 1 heterocycles. The van der Waals surface area contributed by atoms with Gasteiger partial charge >= 0.3 is 0 Å². The van der Waals surface area contributed by atoms with Gasteiger partial charge in [0.25, 0.3) is 0 Å². The number of Topliss-reactive ketones (excluding diaryl/α,β-unsaturated/α-hetero) is 1. The smallest absolute Gasteiger partial charge is 0.170 e. The van der Waals surface area contributed by atoms with Gasteiger partial charge in [0.05, 0.1) is 5.56 Å². The average molecular weight is 190 g/mol. The maximum atomic E-state index is 11.6. The fourth-order valence-electron chi connectivity index (χ4n) is 1.58. The molecule has 3 heteroatoms. The number of aldehydes is 1. The van der Waals surface area contributed by atoms with Crippen LogP contribution in [0.1, 0.15) is 23.2 Å². The second-order valence-corrected chi connectivity index (χ2v) is 3.27. The molecular formula is C11H10O3. The number of carbonyl (C=O) groups excluding carboxylic acids is 2. The van der Waals surface area contributed by atoms with Crippen LogP contribution in [0.15, 0.2) is 24.3 Å². The number of ether oxygens (including phenoxy) is 1. The Hall–Kier alpha value is -1.64. The predicted molar refractivity (Wildman–Crippen MR) is 50.5 cm³/mol. The van der Waals surface area contributed by atoms with E-state index in [-0.39, 0.29) is 18.3 Å². The largest absolute Gasteiger partial charge is 0.489 e. The van der Waals surface area contributed by atoms with E-state index in [1.165, 1.54) is 0 Å². The van der Waals surface area contributed by atoms with Gasteiger partial charge < -0.3 is 9.53 Å². The fraction of sp³-hybridized carbons (Fsp3) is 0.273. The van der Waals surface area contributed by atoms with E-state index in [1.807, 2.05) is 6.07 Å². The number of fused-ring (bicyclic) bond motifs is 1. The van der Waals surface area contributed by atoms with Crippen LogP contribution in [0.5, 0.6) is 5.75 Å². The van der Waals surface area contributed by atoms with Crippen LogP contribution in [0.25, 0.3) is 0 Å². The summed E-state index contributed by atoms with van der Waals surface area (Å²) in [6, 6.07) is 7.12. The van der Waals surface area contributed by atoms with Crippen LogP contribution in [0.3, 0.4) is 0 Å². The molecule has 0 fully saturated rings. The molecule has 0 spiro atoms. The Kier molecular flexibility index (Phi) is 2.31. The molecule has 0 bridgehead atoms. The maximum absolute atomic E-state index is 11.6. The fourth-order valence-corrected chi connectivity index (χ4v) is 1.58. The lowest BCUT2D eigenvalue weighted by atomic mass is 9.99. The van der Waals surface area contributed by atoms with E-state index in [9.17, 15) is 9.59 Å². The predicted octanol–water partition coefficient (Wildman–Crippen LogP) is 1.61. The van der Waals surface area contributed by atoms with Gasteiger partial charge in [-0.1, -0.05) is 12.1 Å². The highest BCUT2D eigenvalue weighted by Crippen LogP contribution is 2.27. The van der Waals surface area contributed by atoms with Crippen molar-refractivity contribution in [2.24, 2.45) is 0 Å². The molecular weight excluding hydrogens is 180 g/mol. The summed E-state index contributed by atoms with van der Waals surface area (Å²) in [5.74, 6) is 0.648. The molecule has 3 nitrogen and oxygen atoms in total. The topological polar surface area (TPSA) is 43.4 Å². The molecule has 1 aliphatic heterocycles. The van der Waals surface area contributed by atoms with Crippen molar-refractivity contribution in [1.82, 2.24) is 0 Å². The molecule has 1 aliphatic rings. The summed E-state index contributed by atoms with van der Waals surface area (Å²) in [7, 11) is 0. The molecule has 1 aromatic rings. The highest BCUT2D eigenvalue weighted by molar-refractivity contribution is 6.00. The Balaban J connectivity index is 2.28. The molecule has 1 atom stereocenters. The highest BCUT2D eigenvalue weighted by Gasteiger charge is 2.25. The van der Waals surface area contributed by atoms with E-state index in [4.69, 9.17) is 4.74 Å². The Morgan fingerprint density at radius 1 is 1.43 bits per heavy atom. The highest BCUT2D eigenvalue weighted by atomic mass is 16.5. The molecule has 0 aromatic heterocycles. The summed E-state index contributed by atoms with van der Waals surface area (Å²) in [4.78, 5) is 21.9. The summed E-state index contributed by atoms with van der Waals surface area (Å²) in [5, 5.41) is 0. The SMILES string of the molecule is O=CCC1CC(=O)c2ccccc2O1. The molecule has 0 saturated carbocycles. The first-order valence-corrected chi connectivity index (χ1v) is 4.54. The minimum absolute atomic E-state index is 0.0544. The van der Waals surface area contributed by atoms with E-state index in [0.717, 1.165) is 6.29 Å². The van der Waals surface area contributed by atoms with Gasteiger partial charge in [0.2, 0.25) is 0 Å². The van der Waals surface area contributed by atoms with E-state index < -0.39 is 0 Å². The summed E-state index contributed by atoms with van der Waals surface area (Å²) in [6.45, 7) is 0. The lowest BCUT2D eigenvalue weighted by Gasteiger charge is -2.23. The van der Waals surface area contributed by atoms with Crippen molar-refractivity contribution in [2.45, 2.75) is 18.9 Å². The second-order valence-electron chi connectivity index (χ2n) is 3.27. The van der Waals surface area contributed by atoms with Crippen LogP contribution in [0, 0.1) is 0 Å². The quantitative estimate of drug-likeness (QED) is 0.665. The maximum Gasteiger partial charge on any atom is 0.170 e. The zero-order valence-corrected chi connectivity index (χ0v) is 7.60. The van der Waals surface area contributed by atoms with Gasteiger partial charge in [-0.3, -0.25) is 4.79 Å². The molecule has 1 aromatic carbocycles. The molecule has 72 valence electrons.